The number of halogens is 1. The lowest BCUT2D eigenvalue weighted by molar-refractivity contribution is 0.206. The van der Waals surface area contributed by atoms with E-state index >= 15 is 0 Å². The van der Waals surface area contributed by atoms with Crippen LogP contribution in [0, 0.1) is 0 Å². The van der Waals surface area contributed by atoms with Crippen LogP contribution in [0.2, 0.25) is 0 Å². The Kier molecular flexibility index (Phi) is 8.62. The Hall–Kier alpha value is -1.06. The number of benzene rings is 1. The van der Waals surface area contributed by atoms with E-state index < -0.39 is 10.0 Å². The van der Waals surface area contributed by atoms with Gasteiger partial charge in [0.2, 0.25) is 0 Å². The summed E-state index contributed by atoms with van der Waals surface area (Å²) >= 11 is 2.55. The molecule has 0 amide bonds. The number of aliphatic imine (C=N–C) groups is 1. The van der Waals surface area contributed by atoms with E-state index in [1.807, 2.05) is 12.3 Å². The maximum absolute atomic E-state index is 12.4. The van der Waals surface area contributed by atoms with Gasteiger partial charge in [-0.05, 0) is 36.1 Å². The monoisotopic (exact) mass is 445 g/mol. The first-order valence-electron chi connectivity index (χ1n) is 8.51. The molecule has 0 bridgehead atoms. The van der Waals surface area contributed by atoms with Gasteiger partial charge in [-0.3, -0.25) is 14.6 Å². The van der Waals surface area contributed by atoms with E-state index in [0.717, 1.165) is 32.5 Å². The SMILES string of the molecule is CSC(=NC1CCN(Cc2ccccc2)CC1)NS(=O)(=O)c1cccs1.Cl. The molecule has 0 spiro atoms. The van der Waals surface area contributed by atoms with E-state index in [4.69, 9.17) is 0 Å². The molecule has 5 nitrogen and oxygen atoms in total. The minimum absolute atomic E-state index is 0. The first kappa shape index (κ1) is 22.2. The number of nitrogens with zero attached hydrogens (tertiary/aromatic N) is 2. The lowest BCUT2D eigenvalue weighted by Gasteiger charge is -2.30. The zero-order chi connectivity index (χ0) is 18.4. The number of sulfonamides is 1. The van der Waals surface area contributed by atoms with Gasteiger partial charge in [-0.15, -0.1) is 23.7 Å². The Bertz CT molecular complexity index is 819. The number of thiophene rings is 1. The van der Waals surface area contributed by atoms with Crippen molar-refractivity contribution in [1.82, 2.24) is 9.62 Å². The van der Waals surface area contributed by atoms with Gasteiger partial charge in [0.15, 0.2) is 5.17 Å². The molecular weight excluding hydrogens is 422 g/mol. The van der Waals surface area contributed by atoms with Crippen molar-refractivity contribution in [3.05, 3.63) is 53.4 Å². The summed E-state index contributed by atoms with van der Waals surface area (Å²) in [4.78, 5) is 7.08. The maximum atomic E-state index is 12.4. The van der Waals surface area contributed by atoms with Crippen LogP contribution in [-0.4, -0.2) is 43.9 Å². The van der Waals surface area contributed by atoms with Crippen LogP contribution < -0.4 is 4.72 Å². The summed E-state index contributed by atoms with van der Waals surface area (Å²) in [7, 11) is -3.52. The molecule has 1 saturated heterocycles. The van der Waals surface area contributed by atoms with Crippen LogP contribution in [0.5, 0.6) is 0 Å². The number of hydrogen-bond acceptors (Lipinski definition) is 6. The highest BCUT2D eigenvalue weighted by Gasteiger charge is 2.21. The van der Waals surface area contributed by atoms with E-state index in [1.54, 1.807) is 17.5 Å². The number of likely N-dealkylation sites (tertiary alicyclic amines) is 1. The average Bonchev–Trinajstić information content (AvgIpc) is 3.19. The lowest BCUT2D eigenvalue weighted by atomic mass is 10.1. The molecule has 148 valence electrons. The van der Waals surface area contributed by atoms with Crippen LogP contribution in [0.3, 0.4) is 0 Å². The van der Waals surface area contributed by atoms with E-state index in [1.165, 1.54) is 28.7 Å². The molecule has 27 heavy (non-hydrogen) atoms. The zero-order valence-corrected chi connectivity index (χ0v) is 18.3. The largest absolute Gasteiger partial charge is 0.299 e. The van der Waals surface area contributed by atoms with Crippen molar-refractivity contribution in [1.29, 1.82) is 0 Å². The first-order chi connectivity index (χ1) is 12.6. The van der Waals surface area contributed by atoms with Crippen LogP contribution in [0.4, 0.5) is 0 Å². The van der Waals surface area contributed by atoms with Gasteiger partial charge in [0.1, 0.15) is 4.21 Å². The molecule has 0 atom stereocenters. The third kappa shape index (κ3) is 6.50. The predicted octanol–water partition coefficient (Wildman–Crippen LogP) is 3.83. The van der Waals surface area contributed by atoms with Crippen molar-refractivity contribution >= 4 is 50.7 Å². The summed E-state index contributed by atoms with van der Waals surface area (Å²) in [5, 5.41) is 2.23. The highest BCUT2D eigenvalue weighted by Crippen LogP contribution is 2.19. The van der Waals surface area contributed by atoms with Gasteiger partial charge in [0, 0.05) is 19.6 Å². The van der Waals surface area contributed by atoms with Crippen molar-refractivity contribution in [3.63, 3.8) is 0 Å². The van der Waals surface area contributed by atoms with Crippen molar-refractivity contribution in [2.24, 2.45) is 4.99 Å². The van der Waals surface area contributed by atoms with E-state index in [0.29, 0.717) is 9.38 Å². The highest BCUT2D eigenvalue weighted by atomic mass is 35.5. The third-order valence-electron chi connectivity index (χ3n) is 4.28. The molecule has 1 aliphatic heterocycles. The quantitative estimate of drug-likeness (QED) is 0.561. The molecule has 1 aliphatic rings. The van der Waals surface area contributed by atoms with E-state index in [2.05, 4.69) is 38.9 Å². The van der Waals surface area contributed by atoms with Crippen LogP contribution >= 0.6 is 35.5 Å². The average molecular weight is 446 g/mol. The Labute approximate surface area is 175 Å². The summed E-state index contributed by atoms with van der Waals surface area (Å²) < 4.78 is 27.7. The number of nitrogens with one attached hydrogen (secondary N) is 1. The van der Waals surface area contributed by atoms with Gasteiger partial charge >= 0.3 is 0 Å². The molecule has 1 aromatic heterocycles. The number of hydrogen-bond donors (Lipinski definition) is 1. The fourth-order valence-electron chi connectivity index (χ4n) is 2.92. The minimum atomic E-state index is -3.52. The van der Waals surface area contributed by atoms with Crippen LogP contribution in [0.1, 0.15) is 18.4 Å². The summed E-state index contributed by atoms with van der Waals surface area (Å²) in [5.74, 6) is 0. The van der Waals surface area contributed by atoms with Gasteiger partial charge in [0.05, 0.1) is 6.04 Å². The fourth-order valence-corrected chi connectivity index (χ4v) is 5.72. The number of thioether (sulfide) groups is 1. The number of piperidine rings is 1. The summed E-state index contributed by atoms with van der Waals surface area (Å²) in [6.07, 6.45) is 3.73. The normalized spacial score (nSPS) is 16.7. The fraction of sp³-hybridized carbons (Fsp3) is 0.389. The number of rotatable bonds is 5. The van der Waals surface area contributed by atoms with E-state index in [-0.39, 0.29) is 18.4 Å². The maximum Gasteiger partial charge on any atom is 0.272 e. The smallest absolute Gasteiger partial charge is 0.272 e. The first-order valence-corrected chi connectivity index (χ1v) is 12.1. The molecule has 2 aromatic rings. The molecule has 0 unspecified atom stereocenters. The number of amidine groups is 1. The summed E-state index contributed by atoms with van der Waals surface area (Å²) in [6.45, 7) is 2.91. The van der Waals surface area contributed by atoms with Gasteiger partial charge in [-0.25, -0.2) is 8.42 Å². The zero-order valence-electron chi connectivity index (χ0n) is 15.1. The van der Waals surface area contributed by atoms with Crippen LogP contribution in [0.25, 0.3) is 0 Å². The molecule has 0 saturated carbocycles. The van der Waals surface area contributed by atoms with Crippen molar-refractivity contribution < 1.29 is 8.42 Å². The van der Waals surface area contributed by atoms with E-state index in [9.17, 15) is 8.42 Å². The Morgan fingerprint density at radius 1 is 1.22 bits per heavy atom. The third-order valence-corrected chi connectivity index (χ3v) is 7.74. The molecular formula is C18H24ClN3O2S3. The molecule has 2 heterocycles. The predicted molar refractivity (Wildman–Crippen MR) is 118 cm³/mol. The standard InChI is InChI=1S/C18H23N3O2S3.ClH/c1-24-18(20-26(22,23)17-8-5-13-25-17)19-16-9-11-21(12-10-16)14-15-6-3-2-4-7-15;/h2-8,13,16H,9-12,14H2,1H3,(H,19,20);1H. The van der Waals surface area contributed by atoms with Gasteiger partial charge in [0.25, 0.3) is 10.0 Å². The molecule has 9 heteroatoms. The molecule has 1 aromatic carbocycles. The second-order valence-electron chi connectivity index (χ2n) is 6.17. The molecule has 1 N–H and O–H groups in total. The molecule has 1 fully saturated rings. The summed E-state index contributed by atoms with van der Waals surface area (Å²) in [6, 6.07) is 14.0. The van der Waals surface area contributed by atoms with Crippen LogP contribution in [-0.2, 0) is 16.6 Å². The molecule has 3 rings (SSSR count). The van der Waals surface area contributed by atoms with Crippen molar-refractivity contribution in [2.75, 3.05) is 19.3 Å². The summed E-state index contributed by atoms with van der Waals surface area (Å²) in [5.41, 5.74) is 1.32. The Morgan fingerprint density at radius 3 is 2.52 bits per heavy atom. The van der Waals surface area contributed by atoms with Gasteiger partial charge in [-0.2, -0.15) is 0 Å². The molecule has 0 aliphatic carbocycles. The molecule has 0 radical (unpaired) electrons. The highest BCUT2D eigenvalue weighted by molar-refractivity contribution is 8.14. The lowest BCUT2D eigenvalue weighted by Crippen LogP contribution is -2.36. The topological polar surface area (TPSA) is 61.8 Å². The second-order valence-corrected chi connectivity index (χ2v) is 9.82. The van der Waals surface area contributed by atoms with Gasteiger partial charge < -0.3 is 0 Å². The minimum Gasteiger partial charge on any atom is -0.299 e. The van der Waals surface area contributed by atoms with Crippen LogP contribution in [0.15, 0.2) is 57.0 Å². The van der Waals surface area contributed by atoms with Crippen molar-refractivity contribution in [3.8, 4) is 0 Å². The Balaban J connectivity index is 0.00000261. The van der Waals surface area contributed by atoms with Crippen molar-refractivity contribution in [2.45, 2.75) is 29.6 Å². The Morgan fingerprint density at radius 2 is 1.93 bits per heavy atom. The van der Waals surface area contributed by atoms with Gasteiger partial charge in [-0.1, -0.05) is 48.2 Å². The second kappa shape index (κ2) is 10.5.